The number of hydrogen-bond donors (Lipinski definition) is 0. The molecular formula is C15H24O4Si. The van der Waals surface area contributed by atoms with Gasteiger partial charge in [-0.2, -0.15) is 0 Å². The van der Waals surface area contributed by atoms with Crippen LogP contribution in [0.25, 0.3) is 0 Å². The molecule has 0 unspecified atom stereocenters. The fourth-order valence-corrected chi connectivity index (χ4v) is 4.32. The summed E-state index contributed by atoms with van der Waals surface area (Å²) in [6.07, 6.45) is 1.72. The minimum absolute atomic E-state index is 0.490. The van der Waals surface area contributed by atoms with Crippen LogP contribution in [-0.2, 0) is 13.3 Å². The molecule has 0 atom stereocenters. The van der Waals surface area contributed by atoms with Crippen LogP contribution in [0.15, 0.2) is 36.9 Å². The normalized spacial score (nSPS) is 11.3. The molecule has 0 aliphatic rings. The first-order chi connectivity index (χ1) is 9.72. The molecule has 5 heteroatoms. The predicted octanol–water partition coefficient (Wildman–Crippen LogP) is 2.51. The standard InChI is InChI=1S/C15H24O4Si/c1-5-13-16-14-9-11-15(12-10-14)20(17-6-2,18-7-3)19-8-4/h5,9-12H,1,6-8,13H2,2-4H3. The number of benzene rings is 1. The molecule has 0 spiro atoms. The van der Waals surface area contributed by atoms with Crippen LogP contribution in [0.2, 0.25) is 0 Å². The Balaban J connectivity index is 2.96. The van der Waals surface area contributed by atoms with Crippen molar-refractivity contribution in [2.24, 2.45) is 0 Å². The summed E-state index contributed by atoms with van der Waals surface area (Å²) in [4.78, 5) is 0. The van der Waals surface area contributed by atoms with Gasteiger partial charge in [-0.25, -0.2) is 0 Å². The minimum Gasteiger partial charge on any atom is -0.490 e. The van der Waals surface area contributed by atoms with Crippen molar-refractivity contribution in [1.82, 2.24) is 0 Å². The largest absolute Gasteiger partial charge is 0.537 e. The fraction of sp³-hybridized carbons (Fsp3) is 0.467. The Morgan fingerprint density at radius 1 is 0.950 bits per heavy atom. The molecule has 0 saturated heterocycles. The number of rotatable bonds is 10. The summed E-state index contributed by atoms with van der Waals surface area (Å²) in [6, 6.07) is 7.70. The quantitative estimate of drug-likeness (QED) is 0.491. The predicted molar refractivity (Wildman–Crippen MR) is 82.4 cm³/mol. The molecule has 0 aliphatic heterocycles. The first kappa shape index (κ1) is 16.9. The van der Waals surface area contributed by atoms with E-state index in [9.17, 15) is 0 Å². The highest BCUT2D eigenvalue weighted by Crippen LogP contribution is 2.14. The molecule has 0 radical (unpaired) electrons. The van der Waals surface area contributed by atoms with E-state index in [-0.39, 0.29) is 0 Å². The highest BCUT2D eigenvalue weighted by Gasteiger charge is 2.43. The van der Waals surface area contributed by atoms with Crippen LogP contribution in [0, 0.1) is 0 Å². The summed E-state index contributed by atoms with van der Waals surface area (Å²) >= 11 is 0. The maximum absolute atomic E-state index is 5.85. The molecular weight excluding hydrogens is 272 g/mol. The van der Waals surface area contributed by atoms with Gasteiger partial charge in [0.05, 0.1) is 0 Å². The van der Waals surface area contributed by atoms with Gasteiger partial charge >= 0.3 is 8.80 Å². The summed E-state index contributed by atoms with van der Waals surface area (Å²) in [6.45, 7) is 11.6. The molecule has 0 N–H and O–H groups in total. The molecule has 0 amide bonds. The monoisotopic (exact) mass is 296 g/mol. The van der Waals surface area contributed by atoms with Crippen molar-refractivity contribution in [2.75, 3.05) is 26.4 Å². The smallest absolute Gasteiger partial charge is 0.490 e. The van der Waals surface area contributed by atoms with Crippen molar-refractivity contribution in [3.8, 4) is 5.75 Å². The third kappa shape index (κ3) is 4.45. The van der Waals surface area contributed by atoms with Crippen LogP contribution in [-0.4, -0.2) is 35.2 Å². The Kier molecular flexibility index (Phi) is 7.54. The van der Waals surface area contributed by atoms with Crippen molar-refractivity contribution >= 4 is 14.0 Å². The molecule has 0 aliphatic carbocycles. The molecule has 1 rings (SSSR count). The zero-order valence-corrected chi connectivity index (χ0v) is 13.6. The second kappa shape index (κ2) is 8.92. The summed E-state index contributed by atoms with van der Waals surface area (Å²) in [5, 5.41) is 0.953. The van der Waals surface area contributed by atoms with Gasteiger partial charge < -0.3 is 18.0 Å². The van der Waals surface area contributed by atoms with Gasteiger partial charge in [0.1, 0.15) is 12.4 Å². The van der Waals surface area contributed by atoms with Crippen molar-refractivity contribution in [2.45, 2.75) is 20.8 Å². The molecule has 0 aromatic heterocycles. The molecule has 20 heavy (non-hydrogen) atoms. The zero-order chi connectivity index (χ0) is 14.8. The van der Waals surface area contributed by atoms with E-state index in [1.165, 1.54) is 0 Å². The van der Waals surface area contributed by atoms with E-state index in [0.29, 0.717) is 26.4 Å². The van der Waals surface area contributed by atoms with Crippen LogP contribution in [0.4, 0.5) is 0 Å². The Bertz CT molecular complexity index is 374. The minimum atomic E-state index is -2.80. The van der Waals surface area contributed by atoms with Crippen molar-refractivity contribution in [1.29, 1.82) is 0 Å². The lowest BCUT2D eigenvalue weighted by Gasteiger charge is -2.28. The first-order valence-electron chi connectivity index (χ1n) is 6.98. The van der Waals surface area contributed by atoms with E-state index in [1.807, 2.05) is 45.0 Å². The van der Waals surface area contributed by atoms with Gasteiger partial charge in [0.25, 0.3) is 0 Å². The zero-order valence-electron chi connectivity index (χ0n) is 12.6. The van der Waals surface area contributed by atoms with Crippen molar-refractivity contribution < 1.29 is 18.0 Å². The molecule has 112 valence electrons. The van der Waals surface area contributed by atoms with Gasteiger partial charge in [-0.1, -0.05) is 24.8 Å². The maximum atomic E-state index is 5.85. The van der Waals surface area contributed by atoms with E-state index in [2.05, 4.69) is 6.58 Å². The Morgan fingerprint density at radius 3 is 1.85 bits per heavy atom. The lowest BCUT2D eigenvalue weighted by atomic mass is 10.3. The fourth-order valence-electron chi connectivity index (χ4n) is 1.86. The lowest BCUT2D eigenvalue weighted by Crippen LogP contribution is -2.56. The van der Waals surface area contributed by atoms with E-state index >= 15 is 0 Å². The highest BCUT2D eigenvalue weighted by atomic mass is 28.4. The Hall–Kier alpha value is -1.14. The molecule has 0 saturated carbocycles. The average Bonchev–Trinajstić information content (AvgIpc) is 2.46. The number of hydrogen-bond acceptors (Lipinski definition) is 4. The second-order valence-electron chi connectivity index (χ2n) is 3.98. The summed E-state index contributed by atoms with van der Waals surface area (Å²) in [5.74, 6) is 0.793. The van der Waals surface area contributed by atoms with Crippen LogP contribution in [0.3, 0.4) is 0 Å². The third-order valence-corrected chi connectivity index (χ3v) is 5.63. The highest BCUT2D eigenvalue weighted by molar-refractivity contribution is 6.75. The number of ether oxygens (including phenoxy) is 1. The molecule has 0 fully saturated rings. The van der Waals surface area contributed by atoms with Gasteiger partial charge in [0.2, 0.25) is 0 Å². The Morgan fingerprint density at radius 2 is 1.45 bits per heavy atom. The van der Waals surface area contributed by atoms with Crippen molar-refractivity contribution in [3.05, 3.63) is 36.9 Å². The van der Waals surface area contributed by atoms with Crippen molar-refractivity contribution in [3.63, 3.8) is 0 Å². The van der Waals surface area contributed by atoms with Gasteiger partial charge in [-0.3, -0.25) is 0 Å². The van der Waals surface area contributed by atoms with Gasteiger partial charge in [0, 0.05) is 25.0 Å². The van der Waals surface area contributed by atoms with Crippen LogP contribution in [0.5, 0.6) is 5.75 Å². The SMILES string of the molecule is C=CCOc1ccc([Si](OCC)(OCC)OCC)cc1. The second-order valence-corrected chi connectivity index (χ2v) is 6.54. The van der Waals surface area contributed by atoms with E-state index in [4.69, 9.17) is 18.0 Å². The molecule has 1 aromatic carbocycles. The summed E-state index contributed by atoms with van der Waals surface area (Å²) in [7, 11) is -2.80. The molecule has 0 heterocycles. The van der Waals surface area contributed by atoms with Crippen LogP contribution < -0.4 is 9.92 Å². The molecule has 4 nitrogen and oxygen atoms in total. The van der Waals surface area contributed by atoms with Crippen LogP contribution in [0.1, 0.15) is 20.8 Å². The van der Waals surface area contributed by atoms with Gasteiger partial charge in [0.15, 0.2) is 0 Å². The maximum Gasteiger partial charge on any atom is 0.537 e. The Labute approximate surface area is 122 Å². The first-order valence-corrected chi connectivity index (χ1v) is 8.71. The van der Waals surface area contributed by atoms with E-state index < -0.39 is 8.80 Å². The summed E-state index contributed by atoms with van der Waals surface area (Å²) in [5.41, 5.74) is 0. The van der Waals surface area contributed by atoms with E-state index in [1.54, 1.807) is 6.08 Å². The average molecular weight is 296 g/mol. The summed E-state index contributed by atoms with van der Waals surface area (Å²) < 4.78 is 23.0. The van der Waals surface area contributed by atoms with Gasteiger partial charge in [-0.15, -0.1) is 0 Å². The third-order valence-electron chi connectivity index (χ3n) is 2.58. The molecule has 1 aromatic rings. The van der Waals surface area contributed by atoms with Gasteiger partial charge in [-0.05, 0) is 32.9 Å². The lowest BCUT2D eigenvalue weighted by molar-refractivity contribution is 0.0859. The topological polar surface area (TPSA) is 36.9 Å². The van der Waals surface area contributed by atoms with E-state index in [0.717, 1.165) is 10.9 Å². The molecule has 0 bridgehead atoms. The van der Waals surface area contributed by atoms with Crippen LogP contribution >= 0.6 is 0 Å².